The lowest BCUT2D eigenvalue weighted by molar-refractivity contribution is -0.0199. The highest BCUT2D eigenvalue weighted by molar-refractivity contribution is 6.30. The molecule has 3 rings (SSSR count). The van der Waals surface area contributed by atoms with Gasteiger partial charge in [-0.25, -0.2) is 4.39 Å². The fourth-order valence-corrected chi connectivity index (χ4v) is 2.78. The van der Waals surface area contributed by atoms with Crippen molar-refractivity contribution < 1.29 is 9.13 Å². The Labute approximate surface area is 127 Å². The van der Waals surface area contributed by atoms with Gasteiger partial charge in [0.05, 0.1) is 5.02 Å². The van der Waals surface area contributed by atoms with Gasteiger partial charge < -0.3 is 10.5 Å². The van der Waals surface area contributed by atoms with Gasteiger partial charge in [0.25, 0.3) is 0 Å². The van der Waals surface area contributed by atoms with Gasteiger partial charge in [-0.15, -0.1) is 0 Å². The average Bonchev–Trinajstić information content (AvgIpc) is 2.37. The Morgan fingerprint density at radius 1 is 1.33 bits per heavy atom. The Morgan fingerprint density at radius 3 is 2.67 bits per heavy atom. The Balaban J connectivity index is 1.97. The zero-order valence-corrected chi connectivity index (χ0v) is 12.5. The number of anilines is 1. The highest BCUT2D eigenvalue weighted by atomic mass is 35.5. The first-order chi connectivity index (χ1) is 10.00. The van der Waals surface area contributed by atoms with Gasteiger partial charge in [-0.1, -0.05) is 11.6 Å². The van der Waals surface area contributed by atoms with Gasteiger partial charge in [-0.2, -0.15) is 0 Å². The molecule has 1 aliphatic carbocycles. The summed E-state index contributed by atoms with van der Waals surface area (Å²) in [7, 11) is 0. The Bertz CT molecular complexity index is 686. The summed E-state index contributed by atoms with van der Waals surface area (Å²) in [6.45, 7) is 1.92. The molecule has 0 atom stereocenters. The molecule has 2 aromatic rings. The van der Waals surface area contributed by atoms with E-state index in [1.54, 1.807) is 6.07 Å². The van der Waals surface area contributed by atoms with Crippen molar-refractivity contribution in [3.05, 3.63) is 52.6 Å². The molecule has 1 fully saturated rings. The molecule has 1 heterocycles. The van der Waals surface area contributed by atoms with Crippen LogP contribution in [-0.2, 0) is 5.60 Å². The summed E-state index contributed by atoms with van der Waals surface area (Å²) < 4.78 is 20.3. The van der Waals surface area contributed by atoms with Crippen LogP contribution in [0.4, 0.5) is 10.1 Å². The van der Waals surface area contributed by atoms with Gasteiger partial charge in [0.1, 0.15) is 17.3 Å². The monoisotopic (exact) mass is 306 g/mol. The van der Waals surface area contributed by atoms with Crippen LogP contribution in [0.2, 0.25) is 5.02 Å². The molecule has 0 bridgehead atoms. The molecule has 0 saturated heterocycles. The van der Waals surface area contributed by atoms with Gasteiger partial charge in [-0.05, 0) is 56.0 Å². The first-order valence-corrected chi connectivity index (χ1v) is 7.25. The Kier molecular flexibility index (Phi) is 3.49. The summed E-state index contributed by atoms with van der Waals surface area (Å²) in [6.07, 6.45) is 3.92. The molecule has 1 aromatic carbocycles. The lowest BCUT2D eigenvalue weighted by Crippen LogP contribution is -2.42. The topological polar surface area (TPSA) is 48.1 Å². The van der Waals surface area contributed by atoms with E-state index in [4.69, 9.17) is 22.1 Å². The Morgan fingerprint density at radius 2 is 2.10 bits per heavy atom. The van der Waals surface area contributed by atoms with Crippen molar-refractivity contribution in [2.75, 3.05) is 5.73 Å². The van der Waals surface area contributed by atoms with E-state index in [0.717, 1.165) is 24.8 Å². The van der Waals surface area contributed by atoms with Crippen LogP contribution in [0.1, 0.15) is 30.5 Å². The van der Waals surface area contributed by atoms with Gasteiger partial charge in [-0.3, -0.25) is 4.98 Å². The molecule has 2 N–H and O–H groups in total. The predicted octanol–water partition coefficient (Wildman–Crippen LogP) is 4.22. The van der Waals surface area contributed by atoms with E-state index < -0.39 is 11.4 Å². The fraction of sp³-hybridized carbons (Fsp3) is 0.312. The van der Waals surface area contributed by atoms with Crippen LogP contribution in [0.15, 0.2) is 30.5 Å². The zero-order chi connectivity index (χ0) is 15.0. The lowest BCUT2D eigenvalue weighted by Gasteiger charge is -2.41. The summed E-state index contributed by atoms with van der Waals surface area (Å²) in [6, 6.07) is 6.72. The highest BCUT2D eigenvalue weighted by Crippen LogP contribution is 2.46. The third-order valence-electron chi connectivity index (χ3n) is 3.90. The number of nitrogens with zero attached hydrogens (tertiary/aromatic N) is 1. The van der Waals surface area contributed by atoms with Crippen molar-refractivity contribution in [3.63, 3.8) is 0 Å². The van der Waals surface area contributed by atoms with Gasteiger partial charge in [0, 0.05) is 11.9 Å². The van der Waals surface area contributed by atoms with Crippen molar-refractivity contribution in [3.8, 4) is 5.75 Å². The molecule has 110 valence electrons. The SMILES string of the molecule is Cc1cc(N)ccc1OC1(c2ncc(Cl)cc2F)CCC1. The number of pyridine rings is 1. The van der Waals surface area contributed by atoms with Crippen LogP contribution in [-0.4, -0.2) is 4.98 Å². The summed E-state index contributed by atoms with van der Waals surface area (Å²) in [5.41, 5.74) is 6.98. The van der Waals surface area contributed by atoms with Crippen LogP contribution < -0.4 is 10.5 Å². The van der Waals surface area contributed by atoms with Crippen LogP contribution >= 0.6 is 11.6 Å². The maximum absolute atomic E-state index is 14.2. The third kappa shape index (κ3) is 2.56. The summed E-state index contributed by atoms with van der Waals surface area (Å²) in [5, 5.41) is 0.286. The average molecular weight is 307 g/mol. The molecule has 5 heteroatoms. The van der Waals surface area contributed by atoms with Crippen LogP contribution in [0.25, 0.3) is 0 Å². The summed E-state index contributed by atoms with van der Waals surface area (Å²) in [5.74, 6) is 0.287. The van der Waals surface area contributed by atoms with E-state index >= 15 is 0 Å². The second kappa shape index (κ2) is 5.19. The van der Waals surface area contributed by atoms with Gasteiger partial charge in [0.2, 0.25) is 0 Å². The summed E-state index contributed by atoms with van der Waals surface area (Å²) in [4.78, 5) is 4.16. The molecule has 0 spiro atoms. The van der Waals surface area contributed by atoms with Crippen LogP contribution in [0.5, 0.6) is 5.75 Å². The molecule has 21 heavy (non-hydrogen) atoms. The molecule has 1 saturated carbocycles. The molecular formula is C16H16ClFN2O. The minimum absolute atomic E-state index is 0.286. The second-order valence-electron chi connectivity index (χ2n) is 5.46. The Hall–Kier alpha value is -1.81. The predicted molar refractivity (Wildman–Crippen MR) is 81.0 cm³/mol. The van der Waals surface area contributed by atoms with E-state index in [-0.39, 0.29) is 5.02 Å². The van der Waals surface area contributed by atoms with Crippen molar-refractivity contribution >= 4 is 17.3 Å². The number of rotatable bonds is 3. The maximum atomic E-state index is 14.2. The molecule has 0 unspecified atom stereocenters. The zero-order valence-electron chi connectivity index (χ0n) is 11.7. The standard InChI is InChI=1S/C16H16ClFN2O/c1-10-7-12(19)3-4-14(10)21-16(5-2-6-16)15-13(18)8-11(17)9-20-15/h3-4,7-9H,2,5-6,19H2,1H3. The smallest absolute Gasteiger partial charge is 0.154 e. The van der Waals surface area contributed by atoms with Crippen molar-refractivity contribution in [1.29, 1.82) is 0 Å². The van der Waals surface area contributed by atoms with E-state index in [1.165, 1.54) is 12.3 Å². The number of halogens is 2. The number of hydrogen-bond acceptors (Lipinski definition) is 3. The van der Waals surface area contributed by atoms with Crippen molar-refractivity contribution in [2.45, 2.75) is 31.8 Å². The molecule has 3 nitrogen and oxygen atoms in total. The fourth-order valence-electron chi connectivity index (χ4n) is 2.63. The first kappa shape index (κ1) is 14.1. The number of nitrogens with two attached hydrogens (primary N) is 1. The molecular weight excluding hydrogens is 291 g/mol. The maximum Gasteiger partial charge on any atom is 0.154 e. The van der Waals surface area contributed by atoms with E-state index in [0.29, 0.717) is 17.1 Å². The first-order valence-electron chi connectivity index (χ1n) is 6.87. The quantitative estimate of drug-likeness (QED) is 0.864. The van der Waals surface area contributed by atoms with Gasteiger partial charge >= 0.3 is 0 Å². The number of benzene rings is 1. The second-order valence-corrected chi connectivity index (χ2v) is 5.90. The van der Waals surface area contributed by atoms with Gasteiger partial charge in [0.15, 0.2) is 5.60 Å². The molecule has 0 radical (unpaired) electrons. The van der Waals surface area contributed by atoms with Crippen molar-refractivity contribution in [2.24, 2.45) is 0 Å². The largest absolute Gasteiger partial charge is 0.481 e. The number of hydrogen-bond donors (Lipinski definition) is 1. The normalized spacial score (nSPS) is 16.3. The minimum atomic E-state index is -0.699. The number of aryl methyl sites for hydroxylation is 1. The van der Waals surface area contributed by atoms with Crippen LogP contribution in [0, 0.1) is 12.7 Å². The van der Waals surface area contributed by atoms with E-state index in [1.807, 2.05) is 19.1 Å². The summed E-state index contributed by atoms with van der Waals surface area (Å²) >= 11 is 5.77. The molecule has 0 aliphatic heterocycles. The number of ether oxygens (including phenoxy) is 1. The number of nitrogen functional groups attached to an aromatic ring is 1. The van der Waals surface area contributed by atoms with E-state index in [2.05, 4.69) is 4.98 Å². The third-order valence-corrected chi connectivity index (χ3v) is 4.11. The lowest BCUT2D eigenvalue weighted by atomic mass is 9.77. The van der Waals surface area contributed by atoms with Crippen molar-refractivity contribution in [1.82, 2.24) is 4.98 Å². The molecule has 1 aliphatic rings. The minimum Gasteiger partial charge on any atom is -0.481 e. The highest BCUT2D eigenvalue weighted by Gasteiger charge is 2.44. The molecule has 1 aromatic heterocycles. The number of aromatic nitrogens is 1. The molecule has 0 amide bonds. The van der Waals surface area contributed by atoms with Crippen LogP contribution in [0.3, 0.4) is 0 Å². The van der Waals surface area contributed by atoms with E-state index in [9.17, 15) is 4.39 Å².